The second kappa shape index (κ2) is 5.54. The van der Waals surface area contributed by atoms with Gasteiger partial charge in [0.05, 0.1) is 5.69 Å². The molecule has 1 aromatic rings. The lowest BCUT2D eigenvalue weighted by Crippen LogP contribution is -2.28. The fourth-order valence-electron chi connectivity index (χ4n) is 1.64. The predicted octanol–water partition coefficient (Wildman–Crippen LogP) is 2.53. The summed E-state index contributed by atoms with van der Waals surface area (Å²) in [5, 5.41) is 10.0. The van der Waals surface area contributed by atoms with Crippen LogP contribution in [0.4, 0.5) is 0 Å². The molecule has 0 atom stereocenters. The summed E-state index contributed by atoms with van der Waals surface area (Å²) in [6.45, 7) is 7.95. The first-order chi connectivity index (χ1) is 7.82. The minimum Gasteiger partial charge on any atom is -0.425 e. The molecule has 0 aromatic carbocycles. The maximum Gasteiger partial charge on any atom is 0.304 e. The summed E-state index contributed by atoms with van der Waals surface area (Å²) in [5.74, 6) is 0.588. The Balaban J connectivity index is 3.22. The molecule has 1 aromatic heterocycles. The monoisotopic (exact) mass is 258 g/mol. The molecule has 1 heterocycles. The van der Waals surface area contributed by atoms with Gasteiger partial charge in [0.1, 0.15) is 5.69 Å². The van der Waals surface area contributed by atoms with Crippen molar-refractivity contribution in [1.29, 1.82) is 0 Å². The van der Waals surface area contributed by atoms with Crippen LogP contribution in [0.1, 0.15) is 39.1 Å². The first-order valence-electron chi connectivity index (χ1n) is 5.82. The summed E-state index contributed by atoms with van der Waals surface area (Å²) in [6.07, 6.45) is 1.04. The average molecular weight is 259 g/mol. The van der Waals surface area contributed by atoms with E-state index < -0.39 is 5.56 Å². The van der Waals surface area contributed by atoms with Crippen LogP contribution in [0.15, 0.2) is 4.79 Å². The zero-order chi connectivity index (χ0) is 13.2. The molecular formula is C12H19ClN2O2. The molecule has 4 nitrogen and oxygen atoms in total. The summed E-state index contributed by atoms with van der Waals surface area (Å²) >= 11 is 6.00. The third-order valence-electron chi connectivity index (χ3n) is 2.37. The number of nitrogens with zero attached hydrogens (tertiary/aromatic N) is 2. The van der Waals surface area contributed by atoms with Gasteiger partial charge in [-0.1, -0.05) is 39.3 Å². The molecule has 0 fully saturated rings. The zero-order valence-electron chi connectivity index (χ0n) is 10.7. The van der Waals surface area contributed by atoms with Gasteiger partial charge in [0.15, 0.2) is 5.15 Å². The smallest absolute Gasteiger partial charge is 0.304 e. The van der Waals surface area contributed by atoms with Crippen LogP contribution in [0.25, 0.3) is 0 Å². The van der Waals surface area contributed by atoms with Gasteiger partial charge in [-0.15, -0.1) is 4.73 Å². The van der Waals surface area contributed by atoms with Crippen LogP contribution in [-0.4, -0.2) is 14.9 Å². The molecule has 96 valence electrons. The van der Waals surface area contributed by atoms with Gasteiger partial charge >= 0.3 is 5.56 Å². The van der Waals surface area contributed by atoms with Crippen molar-refractivity contribution in [1.82, 2.24) is 9.71 Å². The Morgan fingerprint density at radius 2 is 1.76 bits per heavy atom. The fourth-order valence-corrected chi connectivity index (χ4v) is 1.90. The van der Waals surface area contributed by atoms with Crippen molar-refractivity contribution in [3.8, 4) is 0 Å². The summed E-state index contributed by atoms with van der Waals surface area (Å²) in [6, 6.07) is 0. The van der Waals surface area contributed by atoms with Gasteiger partial charge in [-0.05, 0) is 24.7 Å². The first kappa shape index (κ1) is 14.0. The Labute approximate surface area is 106 Å². The van der Waals surface area contributed by atoms with Crippen LogP contribution in [-0.2, 0) is 12.8 Å². The van der Waals surface area contributed by atoms with E-state index in [1.54, 1.807) is 0 Å². The third kappa shape index (κ3) is 3.46. The maximum atomic E-state index is 11.9. The van der Waals surface area contributed by atoms with E-state index in [9.17, 15) is 10.0 Å². The van der Waals surface area contributed by atoms with Gasteiger partial charge in [0.25, 0.3) is 0 Å². The SMILES string of the molecule is CC(C)Cc1nc(Cl)c(CC(C)C)n(O)c1=O. The largest absolute Gasteiger partial charge is 0.425 e. The quantitative estimate of drug-likeness (QED) is 0.845. The number of hydrogen-bond donors (Lipinski definition) is 1. The lowest BCUT2D eigenvalue weighted by molar-refractivity contribution is 0.160. The second-order valence-electron chi connectivity index (χ2n) is 5.11. The average Bonchev–Trinajstić information content (AvgIpc) is 2.20. The molecule has 0 radical (unpaired) electrons. The molecule has 0 aliphatic rings. The molecule has 1 rings (SSSR count). The second-order valence-corrected chi connectivity index (χ2v) is 5.47. The molecule has 1 N–H and O–H groups in total. The molecule has 0 aliphatic carbocycles. The summed E-state index contributed by atoms with van der Waals surface area (Å²) < 4.78 is 0.646. The fraction of sp³-hybridized carbons (Fsp3) is 0.667. The Bertz CT molecular complexity index is 453. The van der Waals surface area contributed by atoms with E-state index in [4.69, 9.17) is 11.6 Å². The van der Waals surface area contributed by atoms with E-state index >= 15 is 0 Å². The molecule has 0 aliphatic heterocycles. The van der Waals surface area contributed by atoms with E-state index in [-0.39, 0.29) is 5.15 Å². The highest BCUT2D eigenvalue weighted by molar-refractivity contribution is 6.30. The summed E-state index contributed by atoms with van der Waals surface area (Å²) in [4.78, 5) is 15.9. The minimum absolute atomic E-state index is 0.219. The van der Waals surface area contributed by atoms with Crippen molar-refractivity contribution in [2.75, 3.05) is 0 Å². The van der Waals surface area contributed by atoms with Gasteiger partial charge < -0.3 is 5.21 Å². The highest BCUT2D eigenvalue weighted by atomic mass is 35.5. The van der Waals surface area contributed by atoms with Crippen molar-refractivity contribution >= 4 is 11.6 Å². The van der Waals surface area contributed by atoms with Gasteiger partial charge in [0, 0.05) is 0 Å². The van der Waals surface area contributed by atoms with Crippen LogP contribution in [0, 0.1) is 11.8 Å². The van der Waals surface area contributed by atoms with E-state index in [1.807, 2.05) is 27.7 Å². The van der Waals surface area contributed by atoms with Gasteiger partial charge in [-0.2, -0.15) is 0 Å². The Kier molecular flexibility index (Phi) is 4.57. The maximum absolute atomic E-state index is 11.9. The Hall–Kier alpha value is -1.03. The summed E-state index contributed by atoms with van der Waals surface area (Å²) in [5.41, 5.74) is 0.248. The predicted molar refractivity (Wildman–Crippen MR) is 67.8 cm³/mol. The van der Waals surface area contributed by atoms with Crippen LogP contribution in [0.3, 0.4) is 0 Å². The zero-order valence-corrected chi connectivity index (χ0v) is 11.5. The molecule has 17 heavy (non-hydrogen) atoms. The molecule has 0 bridgehead atoms. The number of halogens is 1. The number of rotatable bonds is 4. The number of hydrogen-bond acceptors (Lipinski definition) is 3. The highest BCUT2D eigenvalue weighted by Crippen LogP contribution is 2.16. The van der Waals surface area contributed by atoms with Crippen molar-refractivity contribution < 1.29 is 5.21 Å². The van der Waals surface area contributed by atoms with Crippen LogP contribution in [0.5, 0.6) is 0 Å². The lowest BCUT2D eigenvalue weighted by Gasteiger charge is -2.12. The first-order valence-corrected chi connectivity index (χ1v) is 6.20. The molecule has 5 heteroatoms. The molecule has 0 unspecified atom stereocenters. The molecule has 0 saturated heterocycles. The van der Waals surface area contributed by atoms with E-state index in [0.29, 0.717) is 40.8 Å². The Morgan fingerprint density at radius 3 is 2.24 bits per heavy atom. The van der Waals surface area contributed by atoms with Crippen molar-refractivity contribution in [2.24, 2.45) is 11.8 Å². The summed E-state index contributed by atoms with van der Waals surface area (Å²) in [7, 11) is 0. The van der Waals surface area contributed by atoms with Gasteiger partial charge in [-0.3, -0.25) is 4.79 Å². The minimum atomic E-state index is -0.459. The van der Waals surface area contributed by atoms with Gasteiger partial charge in [-0.25, -0.2) is 4.98 Å². The standard InChI is InChI=1S/C12H19ClN2O2/c1-7(2)5-9-12(16)15(17)10(6-8(3)4)11(13)14-9/h7-8,17H,5-6H2,1-4H3. The van der Waals surface area contributed by atoms with Crippen LogP contribution >= 0.6 is 11.6 Å². The van der Waals surface area contributed by atoms with Crippen molar-refractivity contribution in [3.05, 3.63) is 26.9 Å². The lowest BCUT2D eigenvalue weighted by atomic mass is 10.1. The van der Waals surface area contributed by atoms with E-state index in [0.717, 1.165) is 0 Å². The molecular weight excluding hydrogens is 240 g/mol. The molecule has 0 amide bonds. The van der Waals surface area contributed by atoms with Gasteiger partial charge in [0.2, 0.25) is 0 Å². The van der Waals surface area contributed by atoms with Crippen LogP contribution in [0.2, 0.25) is 5.15 Å². The topological polar surface area (TPSA) is 55.1 Å². The Morgan fingerprint density at radius 1 is 1.24 bits per heavy atom. The van der Waals surface area contributed by atoms with Crippen LogP contribution < -0.4 is 5.56 Å². The third-order valence-corrected chi connectivity index (χ3v) is 2.67. The molecule has 0 spiro atoms. The van der Waals surface area contributed by atoms with E-state index in [2.05, 4.69) is 4.98 Å². The highest BCUT2D eigenvalue weighted by Gasteiger charge is 2.16. The van der Waals surface area contributed by atoms with Crippen molar-refractivity contribution in [2.45, 2.75) is 40.5 Å². The molecule has 0 saturated carbocycles. The van der Waals surface area contributed by atoms with E-state index in [1.165, 1.54) is 0 Å². The normalized spacial score (nSPS) is 11.5. The van der Waals surface area contributed by atoms with Crippen molar-refractivity contribution in [3.63, 3.8) is 0 Å². The number of aromatic nitrogens is 2.